The van der Waals surface area contributed by atoms with E-state index in [0.29, 0.717) is 5.02 Å². The van der Waals surface area contributed by atoms with Gasteiger partial charge in [0.05, 0.1) is 6.10 Å². The second-order valence-corrected chi connectivity index (χ2v) is 5.30. The van der Waals surface area contributed by atoms with Gasteiger partial charge in [-0.25, -0.2) is 8.78 Å². The summed E-state index contributed by atoms with van der Waals surface area (Å²) in [6, 6.07) is 10.4. The summed E-state index contributed by atoms with van der Waals surface area (Å²) in [4.78, 5) is 0. The number of aliphatic hydroxyl groups is 1. The van der Waals surface area contributed by atoms with Crippen LogP contribution >= 0.6 is 11.6 Å². The molecule has 0 fully saturated rings. The van der Waals surface area contributed by atoms with E-state index >= 15 is 0 Å². The van der Waals surface area contributed by atoms with Gasteiger partial charge in [-0.3, -0.25) is 0 Å². The maximum atomic E-state index is 13.6. The van der Waals surface area contributed by atoms with E-state index in [2.05, 4.69) is 5.32 Å². The number of aliphatic hydroxyl groups excluding tert-OH is 1. The normalized spacial score (nSPS) is 14.0. The van der Waals surface area contributed by atoms with Gasteiger partial charge < -0.3 is 10.4 Å². The van der Waals surface area contributed by atoms with Crippen LogP contribution in [-0.2, 0) is 0 Å². The fourth-order valence-corrected chi connectivity index (χ4v) is 2.17. The molecule has 2 aromatic carbocycles. The SMILES string of the molecule is C[C@@H](NCC(O)c1ccc(F)cc1F)c1ccc(Cl)cc1. The third-order valence-electron chi connectivity index (χ3n) is 3.31. The van der Waals surface area contributed by atoms with Crippen LogP contribution < -0.4 is 5.32 Å². The van der Waals surface area contributed by atoms with Crippen molar-refractivity contribution < 1.29 is 13.9 Å². The second-order valence-electron chi connectivity index (χ2n) is 4.86. The van der Waals surface area contributed by atoms with Crippen molar-refractivity contribution >= 4 is 11.6 Å². The number of rotatable bonds is 5. The largest absolute Gasteiger partial charge is 0.387 e. The van der Waals surface area contributed by atoms with Gasteiger partial charge in [0.1, 0.15) is 11.6 Å². The fourth-order valence-electron chi connectivity index (χ4n) is 2.04. The highest BCUT2D eigenvalue weighted by atomic mass is 35.5. The monoisotopic (exact) mass is 311 g/mol. The molecule has 21 heavy (non-hydrogen) atoms. The highest BCUT2D eigenvalue weighted by Gasteiger charge is 2.15. The molecule has 0 aliphatic carbocycles. The molecular weight excluding hydrogens is 296 g/mol. The van der Waals surface area contributed by atoms with E-state index in [1.807, 2.05) is 19.1 Å². The van der Waals surface area contributed by atoms with Crippen molar-refractivity contribution in [2.24, 2.45) is 0 Å². The molecule has 0 aliphatic rings. The highest BCUT2D eigenvalue weighted by molar-refractivity contribution is 6.30. The lowest BCUT2D eigenvalue weighted by molar-refractivity contribution is 0.166. The average Bonchev–Trinajstić information content (AvgIpc) is 2.45. The zero-order valence-corrected chi connectivity index (χ0v) is 12.2. The molecule has 0 aromatic heterocycles. The number of hydrogen-bond acceptors (Lipinski definition) is 2. The molecule has 0 heterocycles. The predicted octanol–water partition coefficient (Wildman–Crippen LogP) is 4.00. The van der Waals surface area contributed by atoms with Crippen molar-refractivity contribution in [2.45, 2.75) is 19.1 Å². The Hall–Kier alpha value is -1.49. The molecule has 0 saturated heterocycles. The molecule has 5 heteroatoms. The highest BCUT2D eigenvalue weighted by Crippen LogP contribution is 2.20. The minimum absolute atomic E-state index is 0.0274. The van der Waals surface area contributed by atoms with Gasteiger partial charge in [0.25, 0.3) is 0 Å². The average molecular weight is 312 g/mol. The van der Waals surface area contributed by atoms with Crippen LogP contribution in [0, 0.1) is 11.6 Å². The van der Waals surface area contributed by atoms with Gasteiger partial charge in [0, 0.05) is 29.2 Å². The van der Waals surface area contributed by atoms with Gasteiger partial charge in [-0.15, -0.1) is 0 Å². The molecule has 0 amide bonds. The lowest BCUT2D eigenvalue weighted by Crippen LogP contribution is -2.25. The Bertz CT molecular complexity index is 604. The topological polar surface area (TPSA) is 32.3 Å². The Labute approximate surface area is 127 Å². The van der Waals surface area contributed by atoms with Gasteiger partial charge in [-0.05, 0) is 30.7 Å². The summed E-state index contributed by atoms with van der Waals surface area (Å²) in [6.07, 6.45) is -1.04. The third kappa shape index (κ3) is 4.24. The molecule has 2 rings (SSSR count). The van der Waals surface area contributed by atoms with Crippen molar-refractivity contribution in [3.63, 3.8) is 0 Å². The van der Waals surface area contributed by atoms with Crippen LogP contribution in [0.1, 0.15) is 30.2 Å². The van der Waals surface area contributed by atoms with E-state index in [9.17, 15) is 13.9 Å². The minimum Gasteiger partial charge on any atom is -0.387 e. The van der Waals surface area contributed by atoms with Gasteiger partial charge in [-0.1, -0.05) is 29.8 Å². The first-order chi connectivity index (χ1) is 9.97. The van der Waals surface area contributed by atoms with Crippen LogP contribution in [0.2, 0.25) is 5.02 Å². The Morgan fingerprint density at radius 3 is 2.43 bits per heavy atom. The van der Waals surface area contributed by atoms with Crippen LogP contribution in [-0.4, -0.2) is 11.7 Å². The Kier molecular flexibility index (Phi) is 5.28. The Morgan fingerprint density at radius 1 is 1.14 bits per heavy atom. The van der Waals surface area contributed by atoms with E-state index in [1.165, 1.54) is 6.07 Å². The zero-order chi connectivity index (χ0) is 15.4. The third-order valence-corrected chi connectivity index (χ3v) is 3.56. The maximum absolute atomic E-state index is 13.6. The second kappa shape index (κ2) is 6.98. The molecule has 0 aliphatic heterocycles. The van der Waals surface area contributed by atoms with E-state index in [0.717, 1.165) is 17.7 Å². The molecule has 2 atom stereocenters. The van der Waals surface area contributed by atoms with Crippen LogP contribution in [0.15, 0.2) is 42.5 Å². The zero-order valence-electron chi connectivity index (χ0n) is 11.5. The van der Waals surface area contributed by atoms with Gasteiger partial charge in [-0.2, -0.15) is 0 Å². The molecule has 0 spiro atoms. The molecule has 1 unspecified atom stereocenters. The molecule has 0 bridgehead atoms. The van der Waals surface area contributed by atoms with Crippen molar-refractivity contribution in [3.8, 4) is 0 Å². The van der Waals surface area contributed by atoms with Crippen LogP contribution in [0.5, 0.6) is 0 Å². The van der Waals surface area contributed by atoms with E-state index < -0.39 is 17.7 Å². The van der Waals surface area contributed by atoms with Crippen molar-refractivity contribution in [3.05, 3.63) is 70.2 Å². The molecule has 2 N–H and O–H groups in total. The van der Waals surface area contributed by atoms with Gasteiger partial charge >= 0.3 is 0 Å². The van der Waals surface area contributed by atoms with Crippen LogP contribution in [0.25, 0.3) is 0 Å². The summed E-state index contributed by atoms with van der Waals surface area (Å²) in [6.45, 7) is 2.09. The number of halogens is 3. The molecular formula is C16H16ClF2NO. The Morgan fingerprint density at radius 2 is 1.81 bits per heavy atom. The van der Waals surface area contributed by atoms with E-state index in [-0.39, 0.29) is 18.2 Å². The molecule has 2 nitrogen and oxygen atoms in total. The summed E-state index contributed by atoms with van der Waals surface area (Å²) >= 11 is 5.82. The fraction of sp³-hybridized carbons (Fsp3) is 0.250. The summed E-state index contributed by atoms with van der Waals surface area (Å²) in [5.74, 6) is -1.41. The maximum Gasteiger partial charge on any atom is 0.131 e. The first-order valence-electron chi connectivity index (χ1n) is 6.59. The predicted molar refractivity (Wildman–Crippen MR) is 79.2 cm³/mol. The smallest absolute Gasteiger partial charge is 0.131 e. The number of nitrogens with one attached hydrogen (secondary N) is 1. The molecule has 0 saturated carbocycles. The van der Waals surface area contributed by atoms with Crippen molar-refractivity contribution in [1.82, 2.24) is 5.32 Å². The number of hydrogen-bond donors (Lipinski definition) is 2. The molecule has 2 aromatic rings. The van der Waals surface area contributed by atoms with Crippen LogP contribution in [0.3, 0.4) is 0 Å². The first kappa shape index (κ1) is 15.9. The molecule has 112 valence electrons. The van der Waals surface area contributed by atoms with E-state index in [1.54, 1.807) is 12.1 Å². The summed E-state index contributed by atoms with van der Waals surface area (Å²) in [5, 5.41) is 13.7. The minimum atomic E-state index is -1.04. The summed E-state index contributed by atoms with van der Waals surface area (Å²) in [7, 11) is 0. The lowest BCUT2D eigenvalue weighted by Gasteiger charge is -2.18. The van der Waals surface area contributed by atoms with E-state index in [4.69, 9.17) is 11.6 Å². The standard InChI is InChI=1S/C16H16ClF2NO/c1-10(11-2-4-12(17)5-3-11)20-9-16(21)14-7-6-13(18)8-15(14)19/h2-8,10,16,20-21H,9H2,1H3/t10-,16?/m1/s1. The molecule has 0 radical (unpaired) electrons. The first-order valence-corrected chi connectivity index (χ1v) is 6.97. The van der Waals surface area contributed by atoms with Crippen LogP contribution in [0.4, 0.5) is 8.78 Å². The van der Waals surface area contributed by atoms with Gasteiger partial charge in [0.2, 0.25) is 0 Å². The van der Waals surface area contributed by atoms with Crippen molar-refractivity contribution in [2.75, 3.05) is 6.54 Å². The summed E-state index contributed by atoms with van der Waals surface area (Å²) < 4.78 is 26.4. The number of benzene rings is 2. The Balaban J connectivity index is 1.97. The van der Waals surface area contributed by atoms with Gasteiger partial charge in [0.15, 0.2) is 0 Å². The lowest BCUT2D eigenvalue weighted by atomic mass is 10.1. The van der Waals surface area contributed by atoms with Crippen molar-refractivity contribution in [1.29, 1.82) is 0 Å². The summed E-state index contributed by atoms with van der Waals surface area (Å²) in [5.41, 5.74) is 1.08. The quantitative estimate of drug-likeness (QED) is 0.874.